The van der Waals surface area contributed by atoms with Crippen molar-refractivity contribution in [1.29, 1.82) is 0 Å². The van der Waals surface area contributed by atoms with Gasteiger partial charge in [-0.25, -0.2) is 0 Å². The first-order valence-electron chi connectivity index (χ1n) is 5.28. The average molecular weight is 343 g/mol. The second-order valence-electron chi connectivity index (χ2n) is 3.68. The fraction of sp³-hybridized carbons (Fsp3) is 0.182. The van der Waals surface area contributed by atoms with Crippen LogP contribution in [0.4, 0.5) is 0 Å². The van der Waals surface area contributed by atoms with E-state index in [1.165, 1.54) is 18.0 Å². The van der Waals surface area contributed by atoms with Gasteiger partial charge in [-0.2, -0.15) is 14.9 Å². The van der Waals surface area contributed by atoms with Crippen LogP contribution in [0.2, 0.25) is 0 Å². The van der Waals surface area contributed by atoms with Crippen LogP contribution in [0, 0.1) is 11.7 Å². The molecule has 100 valence electrons. The predicted molar refractivity (Wildman–Crippen MR) is 77.5 cm³/mol. The summed E-state index contributed by atoms with van der Waals surface area (Å²) in [6.07, 6.45) is 1.49. The molecule has 0 atom stereocenters. The Morgan fingerprint density at radius 3 is 2.89 bits per heavy atom. The van der Waals surface area contributed by atoms with Crippen LogP contribution in [-0.2, 0) is 0 Å². The molecule has 1 aromatic heterocycles. The van der Waals surface area contributed by atoms with E-state index in [4.69, 9.17) is 17.0 Å². The van der Waals surface area contributed by atoms with Crippen molar-refractivity contribution in [3.05, 3.63) is 32.8 Å². The number of aromatic hydroxyl groups is 1. The van der Waals surface area contributed by atoms with E-state index in [9.17, 15) is 5.11 Å². The van der Waals surface area contributed by atoms with Crippen molar-refractivity contribution in [3.8, 4) is 11.5 Å². The standard InChI is InChI=1S/C11H11BrN4O2S/c1-6-14-15-11(19)16(6)13-5-7-3-8(12)4-9(18-2)10(7)17/h3-5,17H,1-2H3,(H,15,19). The van der Waals surface area contributed by atoms with E-state index >= 15 is 0 Å². The van der Waals surface area contributed by atoms with Gasteiger partial charge in [-0.05, 0) is 31.3 Å². The molecule has 2 rings (SSSR count). The number of hydrogen-bond donors (Lipinski definition) is 2. The lowest BCUT2D eigenvalue weighted by Crippen LogP contribution is -1.95. The van der Waals surface area contributed by atoms with E-state index in [1.807, 2.05) is 0 Å². The number of aromatic amines is 1. The first-order valence-corrected chi connectivity index (χ1v) is 6.48. The summed E-state index contributed by atoms with van der Waals surface area (Å²) < 4.78 is 7.68. The lowest BCUT2D eigenvalue weighted by molar-refractivity contribution is 0.373. The number of nitrogens with one attached hydrogen (secondary N) is 1. The fourth-order valence-electron chi connectivity index (χ4n) is 1.47. The van der Waals surface area contributed by atoms with Crippen LogP contribution in [0.15, 0.2) is 21.7 Å². The highest BCUT2D eigenvalue weighted by Gasteiger charge is 2.08. The third-order valence-corrected chi connectivity index (χ3v) is 3.14. The van der Waals surface area contributed by atoms with Crippen LogP contribution in [0.1, 0.15) is 11.4 Å². The van der Waals surface area contributed by atoms with Crippen LogP contribution >= 0.6 is 28.1 Å². The summed E-state index contributed by atoms with van der Waals surface area (Å²) in [6.45, 7) is 1.77. The Morgan fingerprint density at radius 2 is 2.32 bits per heavy atom. The fourth-order valence-corrected chi connectivity index (χ4v) is 2.15. The van der Waals surface area contributed by atoms with Gasteiger partial charge in [-0.3, -0.25) is 5.10 Å². The Kier molecular flexibility index (Phi) is 4.01. The third kappa shape index (κ3) is 2.85. The summed E-state index contributed by atoms with van der Waals surface area (Å²) in [5.74, 6) is 1.01. The van der Waals surface area contributed by atoms with E-state index in [-0.39, 0.29) is 5.75 Å². The van der Waals surface area contributed by atoms with E-state index < -0.39 is 0 Å². The summed E-state index contributed by atoms with van der Waals surface area (Å²) in [5.41, 5.74) is 0.508. The maximum absolute atomic E-state index is 9.98. The maximum atomic E-state index is 9.98. The monoisotopic (exact) mass is 342 g/mol. The summed E-state index contributed by atoms with van der Waals surface area (Å²) in [6, 6.07) is 3.39. The van der Waals surface area contributed by atoms with E-state index in [2.05, 4.69) is 31.2 Å². The SMILES string of the molecule is COc1cc(Br)cc(C=Nn2c(C)n[nH]c2=S)c1O. The summed E-state index contributed by atoms with van der Waals surface area (Å²) in [4.78, 5) is 0. The third-order valence-electron chi connectivity index (χ3n) is 2.41. The largest absolute Gasteiger partial charge is 0.504 e. The van der Waals surface area contributed by atoms with Crippen LogP contribution in [0.3, 0.4) is 0 Å². The van der Waals surface area contributed by atoms with Crippen molar-refractivity contribution in [3.63, 3.8) is 0 Å². The molecule has 0 unspecified atom stereocenters. The molecular weight excluding hydrogens is 332 g/mol. The Bertz CT molecular complexity index is 692. The Morgan fingerprint density at radius 1 is 1.58 bits per heavy atom. The number of benzene rings is 1. The summed E-state index contributed by atoms with van der Waals surface area (Å²) >= 11 is 8.37. The van der Waals surface area contributed by atoms with Crippen molar-refractivity contribution in [1.82, 2.24) is 14.9 Å². The maximum Gasteiger partial charge on any atom is 0.216 e. The van der Waals surface area contributed by atoms with Gasteiger partial charge in [0, 0.05) is 10.0 Å². The first kappa shape index (κ1) is 13.8. The second kappa shape index (κ2) is 5.54. The molecule has 0 aliphatic rings. The number of methoxy groups -OCH3 is 1. The molecule has 0 amide bonds. The zero-order chi connectivity index (χ0) is 14.0. The molecule has 0 saturated carbocycles. The summed E-state index contributed by atoms with van der Waals surface area (Å²) in [5, 5.41) is 20.7. The van der Waals surface area contributed by atoms with E-state index in [0.717, 1.165) is 4.47 Å². The van der Waals surface area contributed by atoms with Gasteiger partial charge in [0.05, 0.1) is 13.3 Å². The van der Waals surface area contributed by atoms with Gasteiger partial charge < -0.3 is 9.84 Å². The number of aromatic nitrogens is 3. The van der Waals surface area contributed by atoms with E-state index in [1.54, 1.807) is 19.1 Å². The molecule has 19 heavy (non-hydrogen) atoms. The van der Waals surface area contributed by atoms with Crippen LogP contribution in [0.5, 0.6) is 11.5 Å². The molecule has 0 saturated heterocycles. The normalized spacial score (nSPS) is 11.1. The first-order chi connectivity index (χ1) is 9.02. The van der Waals surface area contributed by atoms with Crippen molar-refractivity contribution >= 4 is 34.4 Å². The highest BCUT2D eigenvalue weighted by molar-refractivity contribution is 9.10. The highest BCUT2D eigenvalue weighted by Crippen LogP contribution is 2.32. The molecule has 0 spiro atoms. The van der Waals surface area contributed by atoms with Crippen LogP contribution in [-0.4, -0.2) is 33.3 Å². The van der Waals surface area contributed by atoms with Gasteiger partial charge in [-0.15, -0.1) is 0 Å². The number of nitrogens with zero attached hydrogens (tertiary/aromatic N) is 3. The zero-order valence-electron chi connectivity index (χ0n) is 10.2. The molecule has 0 aliphatic carbocycles. The number of halogens is 1. The Labute approximate surface area is 122 Å². The molecule has 2 N–H and O–H groups in total. The molecule has 8 heteroatoms. The van der Waals surface area contributed by atoms with Crippen LogP contribution < -0.4 is 4.74 Å². The Hall–Kier alpha value is -1.67. The number of H-pyrrole nitrogens is 1. The van der Waals surface area contributed by atoms with Gasteiger partial charge in [0.15, 0.2) is 11.5 Å². The molecule has 0 radical (unpaired) electrons. The number of ether oxygens (including phenoxy) is 1. The van der Waals surface area contributed by atoms with Gasteiger partial charge in [-0.1, -0.05) is 15.9 Å². The Balaban J connectivity index is 2.44. The lowest BCUT2D eigenvalue weighted by atomic mass is 10.2. The summed E-state index contributed by atoms with van der Waals surface area (Å²) in [7, 11) is 1.48. The van der Waals surface area contributed by atoms with E-state index in [0.29, 0.717) is 21.9 Å². The molecule has 0 bridgehead atoms. The van der Waals surface area contributed by atoms with Gasteiger partial charge in [0.1, 0.15) is 5.82 Å². The quantitative estimate of drug-likeness (QED) is 0.664. The van der Waals surface area contributed by atoms with Crippen molar-refractivity contribution in [2.24, 2.45) is 5.10 Å². The minimum absolute atomic E-state index is 0.0158. The van der Waals surface area contributed by atoms with Gasteiger partial charge >= 0.3 is 0 Å². The number of phenolic OH excluding ortho intramolecular Hbond substituents is 1. The average Bonchev–Trinajstić information content (AvgIpc) is 2.70. The molecule has 2 aromatic rings. The number of rotatable bonds is 3. The molecule has 1 heterocycles. The topological polar surface area (TPSA) is 75.4 Å². The molecule has 0 fully saturated rings. The predicted octanol–water partition coefficient (Wildman–Crippen LogP) is 2.61. The van der Waals surface area contributed by atoms with Crippen LogP contribution in [0.25, 0.3) is 0 Å². The van der Waals surface area contributed by atoms with Gasteiger partial charge in [0.25, 0.3) is 0 Å². The second-order valence-corrected chi connectivity index (χ2v) is 4.98. The smallest absolute Gasteiger partial charge is 0.216 e. The molecule has 6 nitrogen and oxygen atoms in total. The van der Waals surface area contributed by atoms with Gasteiger partial charge in [0.2, 0.25) is 4.77 Å². The molecular formula is C11H11BrN4O2S. The van der Waals surface area contributed by atoms with Crippen molar-refractivity contribution in [2.75, 3.05) is 7.11 Å². The number of hydrogen-bond acceptors (Lipinski definition) is 5. The lowest BCUT2D eigenvalue weighted by Gasteiger charge is -2.06. The van der Waals surface area contributed by atoms with Crippen molar-refractivity contribution < 1.29 is 9.84 Å². The number of aryl methyl sites for hydroxylation is 1. The minimum atomic E-state index is 0.0158. The number of phenols is 1. The highest BCUT2D eigenvalue weighted by atomic mass is 79.9. The molecule has 1 aromatic carbocycles. The van der Waals surface area contributed by atoms with Crippen molar-refractivity contribution in [2.45, 2.75) is 6.92 Å². The minimum Gasteiger partial charge on any atom is -0.504 e. The molecule has 0 aliphatic heterocycles. The zero-order valence-corrected chi connectivity index (χ0v) is 12.6.